The highest BCUT2D eigenvalue weighted by molar-refractivity contribution is 6.33. The summed E-state index contributed by atoms with van der Waals surface area (Å²) < 4.78 is 34.6. The van der Waals surface area contributed by atoms with E-state index in [9.17, 15) is 23.2 Å². The number of alkyl carbamates (subject to hydrolysis) is 1. The summed E-state index contributed by atoms with van der Waals surface area (Å²) in [5.74, 6) is 0.104. The van der Waals surface area contributed by atoms with Crippen LogP contribution in [0.1, 0.15) is 93.5 Å². The molecule has 1 saturated heterocycles. The van der Waals surface area contributed by atoms with Crippen LogP contribution in [0.5, 0.6) is 0 Å². The van der Waals surface area contributed by atoms with Crippen LogP contribution in [0.4, 0.5) is 13.6 Å². The molecule has 0 spiro atoms. The summed E-state index contributed by atoms with van der Waals surface area (Å²) in [6.07, 6.45) is 11.7. The second kappa shape index (κ2) is 19.3. The van der Waals surface area contributed by atoms with E-state index in [2.05, 4.69) is 34.3 Å². The summed E-state index contributed by atoms with van der Waals surface area (Å²) in [4.78, 5) is 61.9. The maximum atomic E-state index is 13.8. The topological polar surface area (TPSA) is 138 Å². The van der Waals surface area contributed by atoms with E-state index < -0.39 is 31.0 Å². The Balaban J connectivity index is 0.931. The van der Waals surface area contributed by atoms with Crippen LogP contribution in [0, 0.1) is 11.8 Å². The van der Waals surface area contributed by atoms with Crippen molar-refractivity contribution < 1.29 is 32.6 Å². The summed E-state index contributed by atoms with van der Waals surface area (Å²) in [5, 5.41) is 2.71. The lowest BCUT2D eigenvalue weighted by Crippen LogP contribution is -2.45. The van der Waals surface area contributed by atoms with Crippen molar-refractivity contribution in [1.82, 2.24) is 15.1 Å². The molecule has 0 bridgehead atoms. The lowest BCUT2D eigenvalue weighted by atomic mass is 9.79. The minimum absolute atomic E-state index is 0.0862. The highest BCUT2D eigenvalue weighted by Gasteiger charge is 2.38. The van der Waals surface area contributed by atoms with E-state index in [4.69, 9.17) is 24.7 Å². The molecule has 0 radical (unpaired) electrons. The molecule has 3 amide bonds. The Bertz CT molecular complexity index is 2000. The summed E-state index contributed by atoms with van der Waals surface area (Å²) in [5.41, 5.74) is 7.96. The van der Waals surface area contributed by atoms with E-state index in [0.29, 0.717) is 25.2 Å². The van der Waals surface area contributed by atoms with Crippen molar-refractivity contribution >= 4 is 47.3 Å². The van der Waals surface area contributed by atoms with Gasteiger partial charge in [0, 0.05) is 37.4 Å². The third kappa shape index (κ3) is 10.2. The number of halogens is 2. The number of benzene rings is 2. The fourth-order valence-electron chi connectivity index (χ4n) is 9.09. The molecule has 2 aromatic rings. The van der Waals surface area contributed by atoms with Gasteiger partial charge in [0.25, 0.3) is 0 Å². The minimum Gasteiger partial charge on any atom is -0.453 e. The van der Waals surface area contributed by atoms with Gasteiger partial charge in [-0.2, -0.15) is 8.78 Å². The van der Waals surface area contributed by atoms with Gasteiger partial charge in [0.15, 0.2) is 12.3 Å². The molecule has 0 aromatic heterocycles. The van der Waals surface area contributed by atoms with Gasteiger partial charge >= 0.3 is 12.7 Å². The Morgan fingerprint density at radius 2 is 1.75 bits per heavy atom. The van der Waals surface area contributed by atoms with Crippen LogP contribution in [-0.2, 0) is 31.9 Å². The smallest absolute Gasteiger partial charge is 0.407 e. The van der Waals surface area contributed by atoms with Gasteiger partial charge < -0.3 is 24.6 Å². The number of fused-ring (bicyclic) bond motifs is 1. The monoisotopic (exact) mass is 811 g/mol. The molecular formula is C45H55F2N7O5. The van der Waals surface area contributed by atoms with E-state index in [1.165, 1.54) is 36.3 Å². The number of rotatable bonds is 15. The molecule has 7 unspecified atom stereocenters. The molecule has 314 valence electrons. The first-order valence-corrected chi connectivity index (χ1v) is 21.0. The first-order chi connectivity index (χ1) is 28.6. The van der Waals surface area contributed by atoms with Crippen molar-refractivity contribution in [3.8, 4) is 0 Å². The number of nitrogens with zero attached hydrogens (tertiary/aromatic N) is 6. The first kappa shape index (κ1) is 42.0. The summed E-state index contributed by atoms with van der Waals surface area (Å²) in [6, 6.07) is 15.0. The second-order valence-electron chi connectivity index (χ2n) is 16.2. The number of aryl methyl sites for hydroxylation is 1. The number of allylic oxidation sites excluding steroid dienone is 2. The molecule has 2 aliphatic carbocycles. The van der Waals surface area contributed by atoms with Gasteiger partial charge in [-0.15, -0.1) is 0 Å². The predicted octanol–water partition coefficient (Wildman–Crippen LogP) is 7.02. The number of aliphatic imine (C=N–C) groups is 4. The number of hydrogen-bond acceptors (Lipinski definition) is 9. The Morgan fingerprint density at radius 1 is 0.966 bits per heavy atom. The molecule has 7 rings (SSSR count). The largest absolute Gasteiger partial charge is 0.453 e. The lowest BCUT2D eigenvalue weighted by molar-refractivity contribution is -0.165. The summed E-state index contributed by atoms with van der Waals surface area (Å²) in [7, 11) is 1.28. The molecule has 1 fully saturated rings. The van der Waals surface area contributed by atoms with Gasteiger partial charge in [-0.05, 0) is 92.5 Å². The highest BCUT2D eigenvalue weighted by atomic mass is 19.3. The average molecular weight is 812 g/mol. The molecule has 3 heterocycles. The van der Waals surface area contributed by atoms with Crippen LogP contribution < -0.4 is 5.32 Å². The highest BCUT2D eigenvalue weighted by Crippen LogP contribution is 2.36. The summed E-state index contributed by atoms with van der Waals surface area (Å²) >= 11 is 0. The number of nitrogens with one attached hydrogen (secondary N) is 1. The van der Waals surface area contributed by atoms with Gasteiger partial charge in [0.2, 0.25) is 11.8 Å². The molecule has 59 heavy (non-hydrogen) atoms. The SMILES string of the molecule is CCCN(CC1N=CC(C2CC=C(c3ccc4c(c3)CCC(C3=NC(C5CCCN5C(=O)CC(C)OC(F)F)N=C3)C4)CC2)=N1)C(=O)C(NC(=O)OC)c1ccccc1. The van der Waals surface area contributed by atoms with Crippen molar-refractivity contribution in [3.63, 3.8) is 0 Å². The van der Waals surface area contributed by atoms with Gasteiger partial charge in [0.05, 0.1) is 43.6 Å². The normalized spacial score (nSPS) is 24.6. The molecule has 14 heteroatoms. The number of alkyl halides is 2. The standard InChI is InChI=1S/C45H55F2N7O5/c1-4-20-53(43(56)41(52-45(57)58-3)31-9-6-5-7-10-31)27-39-48-25-36(50-39)30-14-12-29(13-15-30)32-16-17-34-24-35(19-18-33(34)23-32)37-26-49-42(51-37)38-11-8-21-54(38)40(55)22-28(2)59-44(46)47/h5-7,9-10,12,16-17,23,25-26,28,30,35,38-39,41-42,44H,4,8,11,13-15,18-22,24,27H2,1-3H3,(H,52,57). The summed E-state index contributed by atoms with van der Waals surface area (Å²) in [6.45, 7) is 2.03. The van der Waals surface area contributed by atoms with E-state index in [1.54, 1.807) is 9.80 Å². The zero-order valence-corrected chi connectivity index (χ0v) is 34.1. The van der Waals surface area contributed by atoms with Crippen LogP contribution in [0.15, 0.2) is 74.6 Å². The van der Waals surface area contributed by atoms with Crippen LogP contribution >= 0.6 is 0 Å². The number of amides is 3. The van der Waals surface area contributed by atoms with E-state index >= 15 is 0 Å². The van der Waals surface area contributed by atoms with Gasteiger partial charge in [-0.3, -0.25) is 29.6 Å². The van der Waals surface area contributed by atoms with Gasteiger partial charge in [0.1, 0.15) is 6.04 Å². The third-order valence-corrected chi connectivity index (χ3v) is 12.1. The molecule has 7 atom stereocenters. The number of likely N-dealkylation sites (tertiary alicyclic amines) is 1. The quantitative estimate of drug-likeness (QED) is 0.206. The van der Waals surface area contributed by atoms with Gasteiger partial charge in [-0.1, -0.05) is 61.5 Å². The number of ether oxygens (including phenoxy) is 2. The number of hydrogen-bond donors (Lipinski definition) is 1. The lowest BCUT2D eigenvalue weighted by Gasteiger charge is -2.28. The second-order valence-corrected chi connectivity index (χ2v) is 16.2. The molecule has 2 aromatic carbocycles. The molecule has 5 aliphatic rings. The number of carbonyl (C=O) groups is 3. The Hall–Kier alpha value is -5.11. The third-order valence-electron chi connectivity index (χ3n) is 12.1. The molecular weight excluding hydrogens is 757 g/mol. The van der Waals surface area contributed by atoms with E-state index in [1.807, 2.05) is 49.7 Å². The van der Waals surface area contributed by atoms with Crippen LogP contribution in [-0.4, -0.2) is 109 Å². The Labute approximate surface area is 345 Å². The van der Waals surface area contributed by atoms with Crippen molar-refractivity contribution in [2.45, 2.75) is 115 Å². The van der Waals surface area contributed by atoms with Crippen LogP contribution in [0.25, 0.3) is 5.57 Å². The van der Waals surface area contributed by atoms with E-state index in [-0.39, 0.29) is 42.3 Å². The fraction of sp³-hybridized carbons (Fsp3) is 0.533. The van der Waals surface area contributed by atoms with E-state index in [0.717, 1.165) is 69.2 Å². The Kier molecular flexibility index (Phi) is 13.8. The van der Waals surface area contributed by atoms with Crippen molar-refractivity contribution in [2.24, 2.45) is 31.8 Å². The van der Waals surface area contributed by atoms with Crippen molar-refractivity contribution in [3.05, 3.63) is 76.9 Å². The first-order valence-electron chi connectivity index (χ1n) is 21.0. The molecule has 0 saturated carbocycles. The van der Waals surface area contributed by atoms with Crippen molar-refractivity contribution in [2.75, 3.05) is 26.7 Å². The zero-order valence-electron chi connectivity index (χ0n) is 34.1. The zero-order chi connectivity index (χ0) is 41.5. The number of methoxy groups -OCH3 is 1. The van der Waals surface area contributed by atoms with Crippen LogP contribution in [0.2, 0.25) is 0 Å². The maximum absolute atomic E-state index is 13.8. The van der Waals surface area contributed by atoms with Crippen LogP contribution in [0.3, 0.4) is 0 Å². The number of carbonyl (C=O) groups excluding carboxylic acids is 3. The molecule has 3 aliphatic heterocycles. The fourth-order valence-corrected chi connectivity index (χ4v) is 9.09. The van der Waals surface area contributed by atoms with Gasteiger partial charge in [-0.25, -0.2) is 4.79 Å². The Morgan fingerprint density at radius 3 is 2.49 bits per heavy atom. The molecule has 12 nitrogen and oxygen atoms in total. The van der Waals surface area contributed by atoms with Crippen molar-refractivity contribution in [1.29, 1.82) is 0 Å². The maximum Gasteiger partial charge on any atom is 0.407 e. The average Bonchev–Trinajstić information content (AvgIpc) is 4.04. The molecule has 1 N–H and O–H groups in total. The minimum atomic E-state index is -2.90. The predicted molar refractivity (Wildman–Crippen MR) is 224 cm³/mol.